The first-order valence-electron chi connectivity index (χ1n) is 12.1. The van der Waals surface area contributed by atoms with Crippen molar-refractivity contribution in [2.75, 3.05) is 12.9 Å². The van der Waals surface area contributed by atoms with Gasteiger partial charge in [0.1, 0.15) is 17.6 Å². The zero-order valence-electron chi connectivity index (χ0n) is 20.4. The van der Waals surface area contributed by atoms with Crippen molar-refractivity contribution in [3.63, 3.8) is 0 Å². The molecule has 5 rings (SSSR count). The van der Waals surface area contributed by atoms with E-state index < -0.39 is 33.7 Å². The van der Waals surface area contributed by atoms with E-state index in [-0.39, 0.29) is 35.8 Å². The van der Waals surface area contributed by atoms with E-state index in [2.05, 4.69) is 0 Å². The maximum atomic E-state index is 14.0. The molecule has 0 amide bonds. The largest absolute Gasteiger partial charge is 0.492 e. The predicted molar refractivity (Wildman–Crippen MR) is 132 cm³/mol. The molecule has 10 heteroatoms. The Balaban J connectivity index is 1.42. The van der Waals surface area contributed by atoms with Crippen molar-refractivity contribution in [3.8, 4) is 11.5 Å². The van der Waals surface area contributed by atoms with Gasteiger partial charge in [-0.2, -0.15) is 13.2 Å². The third kappa shape index (κ3) is 5.22. The summed E-state index contributed by atoms with van der Waals surface area (Å²) in [6.45, 7) is 0.270. The smallest absolute Gasteiger partial charge is 0.416 e. The summed E-state index contributed by atoms with van der Waals surface area (Å²) in [5.74, 6) is -0.0960. The molecule has 0 bridgehead atoms. The molecule has 1 aliphatic heterocycles. The lowest BCUT2D eigenvalue weighted by Gasteiger charge is -2.20. The molecule has 1 heterocycles. The summed E-state index contributed by atoms with van der Waals surface area (Å²) in [7, 11) is -3.41. The average Bonchev–Trinajstić information content (AvgIpc) is 3.42. The number of hydrogen-bond donors (Lipinski definition) is 1. The minimum Gasteiger partial charge on any atom is -0.492 e. The van der Waals surface area contributed by atoms with Gasteiger partial charge in [0.05, 0.1) is 23.5 Å². The summed E-state index contributed by atoms with van der Waals surface area (Å²) >= 11 is 0. The summed E-state index contributed by atoms with van der Waals surface area (Å²) in [5, 5.41) is 9.09. The van der Waals surface area contributed by atoms with Crippen LogP contribution >= 0.6 is 0 Å². The molecule has 0 saturated carbocycles. The number of sulfone groups is 1. The molecule has 3 aromatic carbocycles. The van der Waals surface area contributed by atoms with E-state index in [9.17, 15) is 26.4 Å². The molecule has 3 aromatic rings. The molecule has 1 aliphatic carbocycles. The van der Waals surface area contributed by atoms with Crippen molar-refractivity contribution >= 4 is 15.8 Å². The summed E-state index contributed by atoms with van der Waals surface area (Å²) < 4.78 is 77.2. The van der Waals surface area contributed by atoms with Gasteiger partial charge in [0, 0.05) is 23.8 Å². The van der Waals surface area contributed by atoms with Crippen molar-refractivity contribution in [1.29, 1.82) is 0 Å². The molecule has 2 atom stereocenters. The molecule has 38 heavy (non-hydrogen) atoms. The van der Waals surface area contributed by atoms with E-state index in [0.29, 0.717) is 41.0 Å². The van der Waals surface area contributed by atoms with Crippen LogP contribution in [0.4, 0.5) is 13.2 Å². The average molecular weight is 547 g/mol. The minimum absolute atomic E-state index is 0.00638. The van der Waals surface area contributed by atoms with Crippen LogP contribution in [-0.4, -0.2) is 32.4 Å². The Kier molecular flexibility index (Phi) is 6.63. The summed E-state index contributed by atoms with van der Waals surface area (Å²) in [4.78, 5) is 11.2. The van der Waals surface area contributed by atoms with Crippen molar-refractivity contribution in [1.82, 2.24) is 0 Å². The summed E-state index contributed by atoms with van der Waals surface area (Å²) in [6.07, 6.45) is -3.04. The van der Waals surface area contributed by atoms with E-state index in [1.807, 2.05) is 0 Å². The van der Waals surface area contributed by atoms with Crippen LogP contribution in [0.2, 0.25) is 0 Å². The SMILES string of the molecule is CS(=O)(=O)c1ccc(Cc2c(C(F)(F)F)ccc3c2CC[C@H]3Oc2ccc3c(c2)OC[C@H]3CC(=O)O)cc1. The Hall–Kier alpha value is -3.53. The van der Waals surface area contributed by atoms with Gasteiger partial charge in [-0.1, -0.05) is 24.3 Å². The van der Waals surface area contributed by atoms with Crippen LogP contribution in [0.1, 0.15) is 58.2 Å². The van der Waals surface area contributed by atoms with Gasteiger partial charge >= 0.3 is 12.1 Å². The lowest BCUT2D eigenvalue weighted by atomic mass is 9.92. The number of benzene rings is 3. The number of rotatable bonds is 7. The fraction of sp³-hybridized carbons (Fsp3) is 0.321. The van der Waals surface area contributed by atoms with Crippen LogP contribution in [0.3, 0.4) is 0 Å². The van der Waals surface area contributed by atoms with E-state index >= 15 is 0 Å². The van der Waals surface area contributed by atoms with Gasteiger partial charge in [0.15, 0.2) is 9.84 Å². The zero-order valence-corrected chi connectivity index (χ0v) is 21.2. The highest BCUT2D eigenvalue weighted by atomic mass is 32.2. The molecular weight excluding hydrogens is 521 g/mol. The maximum absolute atomic E-state index is 14.0. The quantitative estimate of drug-likeness (QED) is 0.408. The van der Waals surface area contributed by atoms with E-state index in [1.54, 1.807) is 30.3 Å². The molecular formula is C28H25F3O6S. The van der Waals surface area contributed by atoms with Crippen molar-refractivity contribution < 1.29 is 41.0 Å². The zero-order chi connectivity index (χ0) is 27.2. The van der Waals surface area contributed by atoms with Gasteiger partial charge in [-0.05, 0) is 65.8 Å². The van der Waals surface area contributed by atoms with Crippen LogP contribution in [0.25, 0.3) is 0 Å². The van der Waals surface area contributed by atoms with Crippen molar-refractivity contribution in [2.45, 2.75) is 48.8 Å². The molecule has 0 fully saturated rings. The van der Waals surface area contributed by atoms with Gasteiger partial charge in [0.2, 0.25) is 0 Å². The van der Waals surface area contributed by atoms with Crippen molar-refractivity contribution in [3.05, 3.63) is 88.0 Å². The third-order valence-electron chi connectivity index (χ3n) is 7.07. The number of carboxylic acids is 1. The lowest BCUT2D eigenvalue weighted by molar-refractivity contribution is -0.138. The molecule has 0 unspecified atom stereocenters. The topological polar surface area (TPSA) is 89.9 Å². The van der Waals surface area contributed by atoms with Crippen molar-refractivity contribution in [2.24, 2.45) is 0 Å². The molecule has 0 spiro atoms. The second-order valence-corrected chi connectivity index (χ2v) is 11.7. The normalized spacial score (nSPS) is 18.5. The molecule has 0 saturated heterocycles. The van der Waals surface area contributed by atoms with E-state index in [0.717, 1.165) is 17.9 Å². The maximum Gasteiger partial charge on any atom is 0.416 e. The molecule has 2 aliphatic rings. The molecule has 200 valence electrons. The monoisotopic (exact) mass is 546 g/mol. The van der Waals surface area contributed by atoms with Crippen LogP contribution in [0.5, 0.6) is 11.5 Å². The Labute approximate surface area is 217 Å². The fourth-order valence-corrected chi connectivity index (χ4v) is 5.89. The molecule has 0 radical (unpaired) electrons. The van der Waals surface area contributed by atoms with Gasteiger partial charge in [-0.25, -0.2) is 8.42 Å². The predicted octanol–water partition coefficient (Wildman–Crippen LogP) is 5.72. The highest BCUT2D eigenvalue weighted by Gasteiger charge is 2.37. The Morgan fingerprint density at radius 2 is 1.79 bits per heavy atom. The Morgan fingerprint density at radius 1 is 1.08 bits per heavy atom. The number of aliphatic carboxylic acids is 1. The Morgan fingerprint density at radius 3 is 2.45 bits per heavy atom. The standard InChI is InChI=1S/C28H25F3O6S/c1-38(34,35)19-5-2-16(3-6-19)12-23-21-9-11-25(22(21)8-10-24(23)28(29,30)31)37-18-4-7-20-17(13-27(32)33)15-36-26(20)14-18/h2-8,10,14,17,25H,9,11-13,15H2,1H3,(H,32,33)/t17-,25-/m1/s1. The van der Waals surface area contributed by atoms with Gasteiger partial charge in [0.25, 0.3) is 0 Å². The summed E-state index contributed by atoms with van der Waals surface area (Å²) in [5.41, 5.74) is 2.11. The first-order valence-corrected chi connectivity index (χ1v) is 14.0. The summed E-state index contributed by atoms with van der Waals surface area (Å²) in [6, 6.07) is 13.7. The van der Waals surface area contributed by atoms with Crippen LogP contribution < -0.4 is 9.47 Å². The lowest BCUT2D eigenvalue weighted by Crippen LogP contribution is -2.13. The number of ether oxygens (including phenoxy) is 2. The number of carboxylic acid groups (broad SMARTS) is 1. The molecule has 1 N–H and O–H groups in total. The third-order valence-corrected chi connectivity index (χ3v) is 8.20. The van der Waals surface area contributed by atoms with Gasteiger partial charge < -0.3 is 14.6 Å². The van der Waals surface area contributed by atoms with Gasteiger partial charge in [-0.3, -0.25) is 4.79 Å². The Bertz CT molecular complexity index is 1500. The van der Waals surface area contributed by atoms with Gasteiger partial charge in [-0.15, -0.1) is 0 Å². The second-order valence-electron chi connectivity index (χ2n) is 9.70. The number of hydrogen-bond acceptors (Lipinski definition) is 5. The second kappa shape index (κ2) is 9.65. The number of halogens is 3. The number of alkyl halides is 3. The number of carbonyl (C=O) groups is 1. The fourth-order valence-electron chi connectivity index (χ4n) is 5.26. The molecule has 6 nitrogen and oxygen atoms in total. The minimum atomic E-state index is -4.54. The van der Waals surface area contributed by atoms with Crippen LogP contribution in [-0.2, 0) is 33.6 Å². The van der Waals surface area contributed by atoms with E-state index in [4.69, 9.17) is 14.6 Å². The first kappa shape index (κ1) is 26.1. The van der Waals surface area contributed by atoms with E-state index in [1.165, 1.54) is 18.2 Å². The highest BCUT2D eigenvalue weighted by molar-refractivity contribution is 7.90. The van der Waals surface area contributed by atoms with Crippen LogP contribution in [0.15, 0.2) is 59.5 Å². The number of fused-ring (bicyclic) bond motifs is 2. The first-order chi connectivity index (χ1) is 17.9. The van der Waals surface area contributed by atoms with Crippen LogP contribution in [0, 0.1) is 0 Å². The highest BCUT2D eigenvalue weighted by Crippen LogP contribution is 2.44. The molecule has 0 aromatic heterocycles.